The Balaban J connectivity index is 1.99. The maximum Gasteiger partial charge on any atom is 0.167 e. The molecule has 0 amide bonds. The largest absolute Gasteiger partial charge is 0.382 e. The van der Waals surface area contributed by atoms with Crippen molar-refractivity contribution in [2.45, 2.75) is 33.6 Å². The van der Waals surface area contributed by atoms with Crippen molar-refractivity contribution in [1.82, 2.24) is 19.6 Å². The predicted octanol–water partition coefficient (Wildman–Crippen LogP) is 2.94. The van der Waals surface area contributed by atoms with Gasteiger partial charge in [-0.15, -0.1) is 0 Å². The van der Waals surface area contributed by atoms with Gasteiger partial charge < -0.3 is 5.73 Å². The fourth-order valence-electron chi connectivity index (χ4n) is 3.79. The smallest absolute Gasteiger partial charge is 0.167 e. The molecule has 0 unspecified atom stereocenters. The molecule has 0 spiro atoms. The van der Waals surface area contributed by atoms with E-state index in [0.717, 1.165) is 11.2 Å². The lowest BCUT2D eigenvalue weighted by Crippen LogP contribution is -2.28. The first-order chi connectivity index (χ1) is 11.7. The lowest BCUT2D eigenvalue weighted by molar-refractivity contribution is 0.0910. The second-order valence-corrected chi connectivity index (χ2v) is 7.59. The Kier molecular flexibility index (Phi) is 3.10. The number of aromatic nitrogens is 4. The van der Waals surface area contributed by atoms with Gasteiger partial charge in [-0.05, 0) is 30.9 Å². The third kappa shape index (κ3) is 2.26. The molecule has 3 aromatic rings. The van der Waals surface area contributed by atoms with Gasteiger partial charge in [0.05, 0.1) is 22.5 Å². The van der Waals surface area contributed by atoms with Crippen molar-refractivity contribution in [3.8, 4) is 5.69 Å². The zero-order chi connectivity index (χ0) is 18.1. The van der Waals surface area contributed by atoms with Gasteiger partial charge in [-0.25, -0.2) is 9.07 Å². The molecule has 1 aromatic carbocycles. The second-order valence-electron chi connectivity index (χ2n) is 7.59. The van der Waals surface area contributed by atoms with Gasteiger partial charge in [0.1, 0.15) is 11.5 Å². The topological polar surface area (TPSA) is 78.7 Å². The number of ketones is 1. The number of fused-ring (bicyclic) bond motifs is 2. The number of hydrogen-bond donors (Lipinski definition) is 1. The van der Waals surface area contributed by atoms with Crippen LogP contribution in [0.4, 0.5) is 10.2 Å². The monoisotopic (exact) mass is 341 g/mol. The predicted molar refractivity (Wildman–Crippen MR) is 93.4 cm³/mol. The molecule has 2 heterocycles. The summed E-state index contributed by atoms with van der Waals surface area (Å²) in [5.74, 6) is -0.0764. The maximum absolute atomic E-state index is 14.8. The number of carbonyl (C=O) groups excluding carboxylic acids is 1. The molecule has 0 fully saturated rings. The van der Waals surface area contributed by atoms with E-state index in [1.165, 1.54) is 6.07 Å². The van der Waals surface area contributed by atoms with Crippen LogP contribution in [0.1, 0.15) is 42.0 Å². The van der Waals surface area contributed by atoms with Crippen LogP contribution in [-0.4, -0.2) is 25.3 Å². The number of aryl methyl sites for hydroxylation is 2. The summed E-state index contributed by atoms with van der Waals surface area (Å²) in [5.41, 5.74) is 8.73. The van der Waals surface area contributed by atoms with E-state index in [-0.39, 0.29) is 17.0 Å². The first-order valence-corrected chi connectivity index (χ1v) is 8.22. The van der Waals surface area contributed by atoms with Crippen LogP contribution in [0, 0.1) is 18.2 Å². The zero-order valence-electron chi connectivity index (χ0n) is 14.7. The number of hydrogen-bond acceptors (Lipinski definition) is 4. The molecule has 0 atom stereocenters. The Labute approximate surface area is 144 Å². The lowest BCUT2D eigenvalue weighted by atomic mass is 9.75. The van der Waals surface area contributed by atoms with E-state index >= 15 is 0 Å². The van der Waals surface area contributed by atoms with Crippen molar-refractivity contribution in [2.75, 3.05) is 5.73 Å². The number of carbonyl (C=O) groups is 1. The van der Waals surface area contributed by atoms with Crippen LogP contribution in [0.5, 0.6) is 0 Å². The normalized spacial score (nSPS) is 16.4. The van der Waals surface area contributed by atoms with E-state index in [9.17, 15) is 9.18 Å². The third-order valence-electron chi connectivity index (χ3n) is 4.90. The molecule has 0 radical (unpaired) electrons. The number of rotatable bonds is 1. The molecule has 0 aliphatic heterocycles. The molecule has 0 saturated carbocycles. The van der Waals surface area contributed by atoms with Gasteiger partial charge in [-0.3, -0.25) is 9.48 Å². The van der Waals surface area contributed by atoms with Crippen LogP contribution in [0.3, 0.4) is 0 Å². The molecule has 4 rings (SSSR count). The highest BCUT2D eigenvalue weighted by molar-refractivity contribution is 6.00. The molecule has 2 aromatic heterocycles. The van der Waals surface area contributed by atoms with Crippen molar-refractivity contribution in [1.29, 1.82) is 0 Å². The molecule has 130 valence electrons. The molecule has 0 bridgehead atoms. The van der Waals surface area contributed by atoms with Gasteiger partial charge in [0, 0.05) is 18.9 Å². The van der Waals surface area contributed by atoms with Gasteiger partial charge in [0.2, 0.25) is 0 Å². The molecule has 6 nitrogen and oxygen atoms in total. The number of anilines is 1. The van der Waals surface area contributed by atoms with Crippen molar-refractivity contribution in [3.05, 3.63) is 34.9 Å². The number of Topliss-reactive ketones (excluding diaryl/α,β-unsaturated/α-hetero) is 1. The van der Waals surface area contributed by atoms with Crippen LogP contribution >= 0.6 is 0 Å². The Morgan fingerprint density at radius 1 is 1.24 bits per heavy atom. The van der Waals surface area contributed by atoms with Crippen molar-refractivity contribution < 1.29 is 9.18 Å². The molecule has 1 aliphatic rings. The highest BCUT2D eigenvalue weighted by Crippen LogP contribution is 2.37. The lowest BCUT2D eigenvalue weighted by Gasteiger charge is -2.29. The highest BCUT2D eigenvalue weighted by Gasteiger charge is 2.36. The standard InChI is InChI=1S/C18H20FN5O/c1-9-16-14(7-18(2,3)8-15(16)25)24(21-9)13-6-12-10(5-11(13)19)17(20)22-23(12)4/h5-6H,7-8H2,1-4H3,(H2,20,22). The zero-order valence-corrected chi connectivity index (χ0v) is 14.7. The summed E-state index contributed by atoms with van der Waals surface area (Å²) in [4.78, 5) is 12.5. The maximum atomic E-state index is 14.8. The van der Waals surface area contributed by atoms with Crippen LogP contribution in [0.15, 0.2) is 12.1 Å². The van der Waals surface area contributed by atoms with Crippen molar-refractivity contribution in [3.63, 3.8) is 0 Å². The number of nitrogens with zero attached hydrogens (tertiary/aromatic N) is 4. The molecule has 7 heteroatoms. The van der Waals surface area contributed by atoms with Gasteiger partial charge in [-0.1, -0.05) is 13.8 Å². The summed E-state index contributed by atoms with van der Waals surface area (Å²) in [6.45, 7) is 5.88. The summed E-state index contributed by atoms with van der Waals surface area (Å²) in [6.07, 6.45) is 1.15. The van der Waals surface area contributed by atoms with E-state index < -0.39 is 5.82 Å². The Bertz CT molecular complexity index is 1040. The van der Waals surface area contributed by atoms with E-state index in [4.69, 9.17) is 5.73 Å². The van der Waals surface area contributed by atoms with E-state index in [1.54, 1.807) is 29.4 Å². The fraction of sp³-hybridized carbons (Fsp3) is 0.389. The minimum absolute atomic E-state index is 0.0706. The number of nitrogens with two attached hydrogens (primary N) is 1. The Morgan fingerprint density at radius 3 is 2.68 bits per heavy atom. The average molecular weight is 341 g/mol. The molecular weight excluding hydrogens is 321 g/mol. The summed E-state index contributed by atoms with van der Waals surface area (Å²) in [6, 6.07) is 3.07. The number of benzene rings is 1. The summed E-state index contributed by atoms with van der Waals surface area (Å²) in [7, 11) is 1.76. The summed E-state index contributed by atoms with van der Waals surface area (Å²) in [5, 5.41) is 9.18. The number of nitrogen functional groups attached to an aromatic ring is 1. The van der Waals surface area contributed by atoms with Crippen LogP contribution < -0.4 is 5.73 Å². The fourth-order valence-corrected chi connectivity index (χ4v) is 3.79. The van der Waals surface area contributed by atoms with Crippen LogP contribution in [-0.2, 0) is 13.5 Å². The van der Waals surface area contributed by atoms with E-state index in [2.05, 4.69) is 10.2 Å². The van der Waals surface area contributed by atoms with E-state index in [0.29, 0.717) is 35.2 Å². The van der Waals surface area contributed by atoms with Gasteiger partial charge in [0.15, 0.2) is 11.6 Å². The Hall–Kier alpha value is -2.70. The summed E-state index contributed by atoms with van der Waals surface area (Å²) >= 11 is 0. The van der Waals surface area contributed by atoms with Crippen LogP contribution in [0.25, 0.3) is 16.6 Å². The Morgan fingerprint density at radius 2 is 1.96 bits per heavy atom. The van der Waals surface area contributed by atoms with Gasteiger partial charge in [0.25, 0.3) is 0 Å². The van der Waals surface area contributed by atoms with Gasteiger partial charge >= 0.3 is 0 Å². The highest BCUT2D eigenvalue weighted by atomic mass is 19.1. The first-order valence-electron chi connectivity index (χ1n) is 8.22. The minimum Gasteiger partial charge on any atom is -0.382 e. The van der Waals surface area contributed by atoms with E-state index in [1.807, 2.05) is 13.8 Å². The van der Waals surface area contributed by atoms with Crippen molar-refractivity contribution in [2.24, 2.45) is 12.5 Å². The molecule has 25 heavy (non-hydrogen) atoms. The first kappa shape index (κ1) is 15.8. The summed E-state index contributed by atoms with van der Waals surface area (Å²) < 4.78 is 18.0. The molecule has 2 N–H and O–H groups in total. The van der Waals surface area contributed by atoms with Crippen LogP contribution in [0.2, 0.25) is 0 Å². The second kappa shape index (κ2) is 4.91. The minimum atomic E-state index is -0.437. The third-order valence-corrected chi connectivity index (χ3v) is 4.90. The molecular formula is C18H20FN5O. The SMILES string of the molecule is Cc1nn(-c2cc3c(cc2F)c(N)nn3C)c2c1C(=O)CC(C)(C)C2. The quantitative estimate of drug-likeness (QED) is 0.738. The molecule has 0 saturated heterocycles. The van der Waals surface area contributed by atoms with Gasteiger partial charge in [-0.2, -0.15) is 10.2 Å². The average Bonchev–Trinajstić information content (AvgIpc) is 2.95. The number of halogens is 1. The van der Waals surface area contributed by atoms with Crippen molar-refractivity contribution >= 4 is 22.5 Å². The molecule has 1 aliphatic carbocycles.